The van der Waals surface area contributed by atoms with Gasteiger partial charge in [0, 0.05) is 32.4 Å². The number of benzene rings is 3. The smallest absolute Gasteiger partial charge is 0.151 e. The fourth-order valence-corrected chi connectivity index (χ4v) is 5.65. The van der Waals surface area contributed by atoms with Crippen LogP contribution in [-0.2, 0) is 18.8 Å². The van der Waals surface area contributed by atoms with Crippen LogP contribution in [0.5, 0.6) is 11.5 Å². The van der Waals surface area contributed by atoms with Crippen molar-refractivity contribution in [2.24, 2.45) is 0 Å². The Morgan fingerprint density at radius 3 is 2.29 bits per heavy atom. The molecule has 0 bridgehead atoms. The maximum Gasteiger partial charge on any atom is 0.151 e. The van der Waals surface area contributed by atoms with Gasteiger partial charge in [0.15, 0.2) is 5.75 Å². The van der Waals surface area contributed by atoms with Crippen molar-refractivity contribution in [1.29, 1.82) is 0 Å². The van der Waals surface area contributed by atoms with Crippen LogP contribution in [0, 0.1) is 0 Å². The van der Waals surface area contributed by atoms with Gasteiger partial charge in [-0.3, -0.25) is 4.98 Å². The molecule has 0 fully saturated rings. The lowest BCUT2D eigenvalue weighted by molar-refractivity contribution is 0.297. The molecule has 0 unspecified atom stereocenters. The topological polar surface area (TPSA) is 31.4 Å². The Morgan fingerprint density at radius 1 is 0.912 bits per heavy atom. The Morgan fingerprint density at radius 2 is 1.62 bits per heavy atom. The van der Waals surface area contributed by atoms with E-state index in [4.69, 9.17) is 32.7 Å². The molecule has 4 rings (SSSR count). The molecule has 0 spiro atoms. The monoisotopic (exact) mass is 573 g/mol. The number of hydrogen-bond acceptors (Lipinski definition) is 4. The second-order valence-corrected chi connectivity index (χ2v) is 10.3. The Kier molecular flexibility index (Phi) is 8.79. The predicted molar refractivity (Wildman–Crippen MR) is 145 cm³/mol. The first kappa shape index (κ1) is 24.9. The van der Waals surface area contributed by atoms with Crippen LogP contribution in [-0.4, -0.2) is 12.1 Å². The average Bonchev–Trinajstić information content (AvgIpc) is 2.85. The molecule has 3 aromatic carbocycles. The molecule has 0 radical (unpaired) electrons. The van der Waals surface area contributed by atoms with E-state index in [1.54, 1.807) is 25.1 Å². The van der Waals surface area contributed by atoms with Crippen molar-refractivity contribution < 1.29 is 9.47 Å². The summed E-state index contributed by atoms with van der Waals surface area (Å²) in [4.78, 5) is 5.66. The highest BCUT2D eigenvalue weighted by Gasteiger charge is 2.13. The predicted octanol–water partition coefficient (Wildman–Crippen LogP) is 8.62. The van der Waals surface area contributed by atoms with Crippen LogP contribution in [0.2, 0.25) is 10.0 Å². The van der Waals surface area contributed by atoms with Crippen LogP contribution in [0.4, 0.5) is 0 Å². The minimum absolute atomic E-state index is 0.475. The zero-order valence-electron chi connectivity index (χ0n) is 18.4. The number of aromatic nitrogens is 1. The van der Waals surface area contributed by atoms with Crippen LogP contribution in [0.1, 0.15) is 22.4 Å². The van der Waals surface area contributed by atoms with Gasteiger partial charge in [-0.15, -0.1) is 11.8 Å². The van der Waals surface area contributed by atoms with Crippen molar-refractivity contribution in [3.8, 4) is 11.5 Å². The van der Waals surface area contributed by atoms with Gasteiger partial charge in [0.2, 0.25) is 0 Å². The summed E-state index contributed by atoms with van der Waals surface area (Å²) in [7, 11) is 1.67. The molecule has 3 nitrogen and oxygen atoms in total. The summed E-state index contributed by atoms with van der Waals surface area (Å²) in [6.07, 6.45) is 2.31. The molecule has 1 aromatic heterocycles. The van der Waals surface area contributed by atoms with Crippen LogP contribution in [0.15, 0.2) is 88.4 Å². The first-order valence-corrected chi connectivity index (χ1v) is 13.1. The van der Waals surface area contributed by atoms with Gasteiger partial charge < -0.3 is 9.47 Å². The van der Waals surface area contributed by atoms with Gasteiger partial charge in [-0.05, 0) is 47.0 Å². The zero-order valence-corrected chi connectivity index (χ0v) is 22.3. The first-order chi connectivity index (χ1) is 16.5. The fraction of sp³-hybridized carbons (Fsp3) is 0.148. The van der Waals surface area contributed by atoms with Crippen LogP contribution >= 0.6 is 50.9 Å². The Labute approximate surface area is 222 Å². The van der Waals surface area contributed by atoms with E-state index >= 15 is 0 Å². The maximum absolute atomic E-state index is 6.46. The van der Waals surface area contributed by atoms with Crippen molar-refractivity contribution in [3.63, 3.8) is 0 Å². The Bertz CT molecular complexity index is 1230. The largest absolute Gasteiger partial charge is 0.497 e. The minimum atomic E-state index is 0.475. The third kappa shape index (κ3) is 6.70. The molecule has 1 heterocycles. The van der Waals surface area contributed by atoms with E-state index in [0.29, 0.717) is 23.1 Å². The summed E-state index contributed by atoms with van der Waals surface area (Å²) >= 11 is 18.0. The van der Waals surface area contributed by atoms with Gasteiger partial charge >= 0.3 is 0 Å². The molecule has 0 aliphatic rings. The Balaban J connectivity index is 1.57. The molecule has 7 heteroatoms. The second-order valence-electron chi connectivity index (χ2n) is 7.56. The van der Waals surface area contributed by atoms with Gasteiger partial charge in [0.1, 0.15) is 12.4 Å². The van der Waals surface area contributed by atoms with Crippen molar-refractivity contribution in [2.45, 2.75) is 23.7 Å². The van der Waals surface area contributed by atoms with Crippen molar-refractivity contribution in [2.75, 3.05) is 7.11 Å². The summed E-state index contributed by atoms with van der Waals surface area (Å²) in [6, 6.07) is 23.9. The molecule has 0 atom stereocenters. The third-order valence-corrected chi connectivity index (χ3v) is 7.38. The van der Waals surface area contributed by atoms with E-state index < -0.39 is 0 Å². The van der Waals surface area contributed by atoms with E-state index in [1.165, 1.54) is 5.56 Å². The van der Waals surface area contributed by atoms with E-state index in [-0.39, 0.29) is 0 Å². The summed E-state index contributed by atoms with van der Waals surface area (Å²) < 4.78 is 12.3. The second kappa shape index (κ2) is 12.0. The van der Waals surface area contributed by atoms with Crippen LogP contribution in [0.3, 0.4) is 0 Å². The number of ether oxygens (including phenoxy) is 2. The molecule has 34 heavy (non-hydrogen) atoms. The van der Waals surface area contributed by atoms with E-state index in [0.717, 1.165) is 43.4 Å². The molecule has 0 saturated carbocycles. The minimum Gasteiger partial charge on any atom is -0.497 e. The molecular formula is C27H22BrCl2NO2S. The summed E-state index contributed by atoms with van der Waals surface area (Å²) in [5.41, 5.74) is 4.02. The summed E-state index contributed by atoms with van der Waals surface area (Å²) in [6.45, 7) is 0.475. The highest BCUT2D eigenvalue weighted by atomic mass is 79.9. The van der Waals surface area contributed by atoms with Gasteiger partial charge in [0.25, 0.3) is 0 Å². The number of hydrogen-bond donors (Lipinski definition) is 0. The van der Waals surface area contributed by atoms with E-state index in [2.05, 4.69) is 39.1 Å². The fourth-order valence-electron chi connectivity index (χ4n) is 3.32. The number of rotatable bonds is 9. The molecule has 0 N–H and O–H groups in total. The quantitative estimate of drug-likeness (QED) is 0.187. The molecular weight excluding hydrogens is 553 g/mol. The highest BCUT2D eigenvalue weighted by molar-refractivity contribution is 9.10. The number of pyridine rings is 1. The van der Waals surface area contributed by atoms with E-state index in [1.807, 2.05) is 54.6 Å². The van der Waals surface area contributed by atoms with Crippen molar-refractivity contribution in [1.82, 2.24) is 4.98 Å². The lowest BCUT2D eigenvalue weighted by Gasteiger charge is -2.14. The Hall–Kier alpha value is -2.18. The van der Waals surface area contributed by atoms with Gasteiger partial charge in [-0.1, -0.05) is 81.6 Å². The average molecular weight is 575 g/mol. The summed E-state index contributed by atoms with van der Waals surface area (Å²) in [5, 5.41) is 1.22. The number of thioether (sulfide) groups is 1. The number of methoxy groups -OCH3 is 1. The molecule has 4 aromatic rings. The lowest BCUT2D eigenvalue weighted by atomic mass is 10.1. The number of halogens is 3. The number of nitrogens with zero attached hydrogens (tertiary/aromatic N) is 1. The molecule has 0 saturated heterocycles. The van der Waals surface area contributed by atoms with Gasteiger partial charge in [-0.2, -0.15) is 0 Å². The standard InChI is InChI=1S/C27H22BrCl2NO2S/c1-32-22-9-7-19(8-10-22)17-34-27-14-21(13-23-24(29)11-20(28)12-25(23)30)31-15-26(27)33-16-18-5-3-2-4-6-18/h2-12,14-15H,13,16-17H2,1H3. The molecule has 174 valence electrons. The third-order valence-electron chi connectivity index (χ3n) is 5.14. The highest BCUT2D eigenvalue weighted by Crippen LogP contribution is 2.35. The van der Waals surface area contributed by atoms with Crippen LogP contribution < -0.4 is 9.47 Å². The molecule has 0 amide bonds. The molecule has 0 aliphatic carbocycles. The molecule has 0 aliphatic heterocycles. The normalized spacial score (nSPS) is 10.8. The zero-order chi connectivity index (χ0) is 23.9. The van der Waals surface area contributed by atoms with Crippen LogP contribution in [0.25, 0.3) is 0 Å². The van der Waals surface area contributed by atoms with Crippen molar-refractivity contribution in [3.05, 3.63) is 116 Å². The first-order valence-electron chi connectivity index (χ1n) is 10.6. The van der Waals surface area contributed by atoms with Gasteiger partial charge in [0.05, 0.1) is 18.2 Å². The SMILES string of the molecule is COc1ccc(CSc2cc(Cc3c(Cl)cc(Br)cc3Cl)ncc2OCc2ccccc2)cc1. The van der Waals surface area contributed by atoms with Gasteiger partial charge in [-0.25, -0.2) is 0 Å². The lowest BCUT2D eigenvalue weighted by Crippen LogP contribution is -2.00. The maximum atomic E-state index is 6.46. The van der Waals surface area contributed by atoms with Crippen molar-refractivity contribution >= 4 is 50.9 Å². The van der Waals surface area contributed by atoms with E-state index in [9.17, 15) is 0 Å². The summed E-state index contributed by atoms with van der Waals surface area (Å²) in [5.74, 6) is 2.38.